The van der Waals surface area contributed by atoms with Gasteiger partial charge in [-0.1, -0.05) is 33.6 Å². The van der Waals surface area contributed by atoms with Gasteiger partial charge in [0, 0.05) is 0 Å². The van der Waals surface area contributed by atoms with E-state index in [1.807, 2.05) is 0 Å². The Kier molecular flexibility index (Phi) is 14.0. The van der Waals surface area contributed by atoms with Crippen LogP contribution in [-0.2, 0) is 32.6 Å². The first-order chi connectivity index (χ1) is 4.74. The summed E-state index contributed by atoms with van der Waals surface area (Å²) in [6.45, 7) is 6.57. The van der Waals surface area contributed by atoms with Crippen LogP contribution in [0.1, 0.15) is 30.0 Å². The molecular weight excluding hydrogens is 282 g/mol. The van der Waals surface area contributed by atoms with Crippen molar-refractivity contribution >= 4 is 0 Å². The van der Waals surface area contributed by atoms with Crippen LogP contribution in [0.5, 0.6) is 0 Å². The molecule has 0 unspecified atom stereocenters. The minimum Gasteiger partial charge on any atom is -1.00 e. The molecule has 1 aromatic carbocycles. The van der Waals surface area contributed by atoms with Crippen LogP contribution in [0.3, 0.4) is 0 Å². The molecule has 73 valence electrons. The summed E-state index contributed by atoms with van der Waals surface area (Å²) in [5.74, 6) is 0. The average molecular weight is 297 g/mol. The van der Waals surface area contributed by atoms with Crippen molar-refractivity contribution in [3.05, 3.63) is 28.8 Å². The molecule has 0 spiro atoms. The van der Waals surface area contributed by atoms with Crippen LogP contribution in [0.2, 0.25) is 0 Å². The monoisotopic (exact) mass is 295 g/mol. The summed E-state index contributed by atoms with van der Waals surface area (Å²) in [6, 6.07) is 4.58. The van der Waals surface area contributed by atoms with Crippen LogP contribution in [0.15, 0.2) is 12.1 Å². The molecule has 0 nitrogen and oxygen atoms in total. The summed E-state index contributed by atoms with van der Waals surface area (Å²) in [7, 11) is 0. The van der Waals surface area contributed by atoms with Crippen LogP contribution in [0.25, 0.3) is 0 Å². The number of halogens is 2. The first kappa shape index (κ1) is 19.4. The van der Waals surface area contributed by atoms with E-state index in [0.29, 0.717) is 0 Å². The molecule has 0 aromatic heterocycles. The second kappa shape index (κ2) is 9.37. The Morgan fingerprint density at radius 2 is 1.85 bits per heavy atom. The van der Waals surface area contributed by atoms with Crippen molar-refractivity contribution in [3.8, 4) is 0 Å². The van der Waals surface area contributed by atoms with E-state index in [2.05, 4.69) is 32.9 Å². The van der Waals surface area contributed by atoms with Crippen molar-refractivity contribution in [1.82, 2.24) is 0 Å². The van der Waals surface area contributed by atoms with E-state index in [1.165, 1.54) is 29.5 Å². The second-order valence-electron chi connectivity index (χ2n) is 2.98. The fraction of sp³-hybridized carbons (Fsp3) is 0.500. The van der Waals surface area contributed by atoms with E-state index in [9.17, 15) is 0 Å². The standard InChI is InChI=1S/C10H15.2ClH.Zr/c1-4-5-10-6-8(2)9(3)7-10;;;/h6-7H,4-5H2,1-3H3;2*1H;/q-1;;;+3/p-2. The van der Waals surface area contributed by atoms with E-state index < -0.39 is 0 Å². The van der Waals surface area contributed by atoms with Crippen molar-refractivity contribution in [2.45, 2.75) is 33.6 Å². The van der Waals surface area contributed by atoms with Gasteiger partial charge >= 0.3 is 26.2 Å². The largest absolute Gasteiger partial charge is 3.00 e. The molecule has 0 saturated carbocycles. The summed E-state index contributed by atoms with van der Waals surface area (Å²) < 4.78 is 0. The second-order valence-corrected chi connectivity index (χ2v) is 2.98. The maximum Gasteiger partial charge on any atom is 3.00 e. The molecule has 0 atom stereocenters. The molecule has 0 bridgehead atoms. The molecule has 0 heterocycles. The van der Waals surface area contributed by atoms with Crippen molar-refractivity contribution in [1.29, 1.82) is 0 Å². The summed E-state index contributed by atoms with van der Waals surface area (Å²) >= 11 is 0. The zero-order valence-electron chi connectivity index (χ0n) is 8.32. The maximum atomic E-state index is 2.29. The van der Waals surface area contributed by atoms with Gasteiger partial charge in [0.25, 0.3) is 0 Å². The Labute approximate surface area is 113 Å². The third-order valence-corrected chi connectivity index (χ3v) is 1.96. The molecule has 0 aliphatic heterocycles. The van der Waals surface area contributed by atoms with E-state index >= 15 is 0 Å². The molecule has 1 radical (unpaired) electrons. The number of aryl methyl sites for hydroxylation is 3. The van der Waals surface area contributed by atoms with Crippen LogP contribution >= 0.6 is 0 Å². The first-order valence-electron chi connectivity index (χ1n) is 3.97. The Balaban J connectivity index is -0.000000333. The van der Waals surface area contributed by atoms with Gasteiger partial charge in [-0.3, -0.25) is 0 Å². The quantitative estimate of drug-likeness (QED) is 0.510. The third kappa shape index (κ3) is 5.99. The Morgan fingerprint density at radius 1 is 1.31 bits per heavy atom. The Morgan fingerprint density at radius 3 is 2.15 bits per heavy atom. The van der Waals surface area contributed by atoms with Crippen LogP contribution < -0.4 is 24.8 Å². The van der Waals surface area contributed by atoms with Gasteiger partial charge in [-0.2, -0.15) is 22.8 Å². The van der Waals surface area contributed by atoms with Gasteiger partial charge in [0.15, 0.2) is 0 Å². The van der Waals surface area contributed by atoms with Gasteiger partial charge in [0.2, 0.25) is 0 Å². The smallest absolute Gasteiger partial charge is 1.00 e. The predicted molar refractivity (Wildman–Crippen MR) is 45.5 cm³/mol. The van der Waals surface area contributed by atoms with Gasteiger partial charge in [-0.05, 0) is 0 Å². The number of hydrogen-bond acceptors (Lipinski definition) is 0. The van der Waals surface area contributed by atoms with E-state index in [1.54, 1.807) is 0 Å². The van der Waals surface area contributed by atoms with Gasteiger partial charge < -0.3 is 24.8 Å². The minimum atomic E-state index is 0. The fourth-order valence-corrected chi connectivity index (χ4v) is 1.26. The molecule has 3 heteroatoms. The van der Waals surface area contributed by atoms with Gasteiger partial charge in [0.05, 0.1) is 0 Å². The van der Waals surface area contributed by atoms with Crippen LogP contribution in [0.4, 0.5) is 0 Å². The summed E-state index contributed by atoms with van der Waals surface area (Å²) in [6.07, 6.45) is 2.48. The van der Waals surface area contributed by atoms with Crippen molar-refractivity contribution in [3.63, 3.8) is 0 Å². The molecule has 0 fully saturated rings. The molecular formula is C10H15Cl2Zr. The Hall–Kier alpha value is 0.813. The molecule has 1 rings (SSSR count). The third-order valence-electron chi connectivity index (χ3n) is 1.96. The molecule has 13 heavy (non-hydrogen) atoms. The normalized spacial score (nSPS) is 7.92. The van der Waals surface area contributed by atoms with Crippen LogP contribution in [0, 0.1) is 13.8 Å². The molecule has 0 aliphatic rings. The van der Waals surface area contributed by atoms with E-state index in [0.717, 1.165) is 0 Å². The summed E-state index contributed by atoms with van der Waals surface area (Å²) in [4.78, 5) is 0. The zero-order valence-corrected chi connectivity index (χ0v) is 12.3. The van der Waals surface area contributed by atoms with E-state index in [-0.39, 0.29) is 51.0 Å². The van der Waals surface area contributed by atoms with Crippen molar-refractivity contribution < 1.29 is 51.0 Å². The Bertz CT molecular complexity index is 199. The van der Waals surface area contributed by atoms with Gasteiger partial charge in [-0.25, -0.2) is 6.07 Å². The van der Waals surface area contributed by atoms with Crippen molar-refractivity contribution in [2.24, 2.45) is 0 Å². The average Bonchev–Trinajstić information content (AvgIpc) is 2.14. The SMILES string of the molecule is CCCc1cc(C)[c-](C)c1.[Cl-].[Cl-].[Zr+3]. The maximum absolute atomic E-state index is 2.29. The topological polar surface area (TPSA) is 0 Å². The van der Waals surface area contributed by atoms with Gasteiger partial charge in [-0.15, -0.1) is 0 Å². The zero-order chi connectivity index (χ0) is 7.56. The molecule has 0 saturated heterocycles. The van der Waals surface area contributed by atoms with Crippen LogP contribution in [-0.4, -0.2) is 0 Å². The fourth-order valence-electron chi connectivity index (χ4n) is 1.26. The molecule has 0 aliphatic carbocycles. The minimum absolute atomic E-state index is 0. The van der Waals surface area contributed by atoms with E-state index in [4.69, 9.17) is 0 Å². The van der Waals surface area contributed by atoms with Crippen molar-refractivity contribution in [2.75, 3.05) is 0 Å². The molecule has 0 amide bonds. The molecule has 0 N–H and O–H groups in total. The van der Waals surface area contributed by atoms with Gasteiger partial charge in [0.1, 0.15) is 0 Å². The first-order valence-corrected chi connectivity index (χ1v) is 3.97. The molecule has 1 aromatic rings. The summed E-state index contributed by atoms with van der Waals surface area (Å²) in [5, 5.41) is 0. The number of rotatable bonds is 2. The number of hydrogen-bond donors (Lipinski definition) is 0. The summed E-state index contributed by atoms with van der Waals surface area (Å²) in [5.41, 5.74) is 4.37. The predicted octanol–water partition coefficient (Wildman–Crippen LogP) is -3.02.